The van der Waals surface area contributed by atoms with E-state index in [1.54, 1.807) is 24.3 Å². The molecule has 0 saturated heterocycles. The number of nitrogens with one attached hydrogen (secondary N) is 1. The molecule has 146 valence electrons. The monoisotopic (exact) mass is 396 g/mol. The average molecular weight is 397 g/mol. The number of carbonyl (C=O) groups excluding carboxylic acids is 2. The van der Waals surface area contributed by atoms with Crippen LogP contribution in [0.3, 0.4) is 0 Å². The van der Waals surface area contributed by atoms with Crippen LogP contribution in [-0.4, -0.2) is 23.3 Å². The first-order chi connectivity index (χ1) is 13.2. The maximum atomic E-state index is 13.0. The summed E-state index contributed by atoms with van der Waals surface area (Å²) in [7, 11) is 0. The van der Waals surface area contributed by atoms with Crippen molar-refractivity contribution in [2.75, 3.05) is 11.9 Å². The van der Waals surface area contributed by atoms with E-state index in [1.807, 2.05) is 31.2 Å². The van der Waals surface area contributed by atoms with Crippen LogP contribution >= 0.6 is 11.6 Å². The van der Waals surface area contributed by atoms with Crippen LogP contribution in [0.25, 0.3) is 5.57 Å². The molecule has 4 nitrogen and oxygen atoms in total. The van der Waals surface area contributed by atoms with Crippen LogP contribution in [-0.2, 0) is 15.0 Å². The Labute approximate surface area is 171 Å². The fourth-order valence-electron chi connectivity index (χ4n) is 3.20. The molecule has 3 rings (SSSR count). The van der Waals surface area contributed by atoms with Crippen molar-refractivity contribution in [1.29, 1.82) is 0 Å². The van der Waals surface area contributed by atoms with Crippen LogP contribution in [0.2, 0.25) is 5.02 Å². The van der Waals surface area contributed by atoms with Gasteiger partial charge in [0.25, 0.3) is 11.8 Å². The van der Waals surface area contributed by atoms with Gasteiger partial charge in [0.15, 0.2) is 0 Å². The fraction of sp³-hybridized carbons (Fsp3) is 0.304. The SMILES string of the molecule is CCCN1C(=O)C(Nc2ccc(C(C)(C)C)cc2)=C(c2ccc(Cl)cc2)C1=O. The average Bonchev–Trinajstić information content (AvgIpc) is 2.87. The van der Waals surface area contributed by atoms with Gasteiger partial charge in [-0.15, -0.1) is 0 Å². The van der Waals surface area contributed by atoms with Gasteiger partial charge in [0, 0.05) is 17.3 Å². The van der Waals surface area contributed by atoms with E-state index in [2.05, 4.69) is 26.1 Å². The van der Waals surface area contributed by atoms with Gasteiger partial charge in [-0.1, -0.05) is 63.6 Å². The van der Waals surface area contributed by atoms with Gasteiger partial charge < -0.3 is 5.32 Å². The number of hydrogen-bond acceptors (Lipinski definition) is 3. The summed E-state index contributed by atoms with van der Waals surface area (Å²) in [6, 6.07) is 14.9. The zero-order chi connectivity index (χ0) is 20.5. The van der Waals surface area contributed by atoms with Gasteiger partial charge in [-0.3, -0.25) is 14.5 Å². The molecule has 5 heteroatoms. The van der Waals surface area contributed by atoms with E-state index in [0.29, 0.717) is 34.8 Å². The smallest absolute Gasteiger partial charge is 0.278 e. The van der Waals surface area contributed by atoms with E-state index < -0.39 is 0 Å². The minimum Gasteiger partial charge on any atom is -0.350 e. The third kappa shape index (κ3) is 3.97. The van der Waals surface area contributed by atoms with Gasteiger partial charge in [-0.2, -0.15) is 0 Å². The third-order valence-corrected chi connectivity index (χ3v) is 5.02. The first-order valence-corrected chi connectivity index (χ1v) is 9.84. The number of imide groups is 1. The Morgan fingerprint density at radius 3 is 2.07 bits per heavy atom. The maximum Gasteiger partial charge on any atom is 0.278 e. The van der Waals surface area contributed by atoms with E-state index in [0.717, 1.165) is 5.69 Å². The third-order valence-electron chi connectivity index (χ3n) is 4.77. The highest BCUT2D eigenvalue weighted by molar-refractivity contribution is 6.36. The Balaban J connectivity index is 2.00. The summed E-state index contributed by atoms with van der Waals surface area (Å²) < 4.78 is 0. The molecule has 0 radical (unpaired) electrons. The summed E-state index contributed by atoms with van der Waals surface area (Å²) in [5.74, 6) is -0.570. The predicted molar refractivity (Wildman–Crippen MR) is 114 cm³/mol. The van der Waals surface area contributed by atoms with Crippen molar-refractivity contribution in [2.45, 2.75) is 39.5 Å². The molecule has 0 saturated carbocycles. The van der Waals surface area contributed by atoms with Crippen molar-refractivity contribution in [2.24, 2.45) is 0 Å². The Morgan fingerprint density at radius 2 is 1.54 bits per heavy atom. The number of nitrogens with zero attached hydrogens (tertiary/aromatic N) is 1. The van der Waals surface area contributed by atoms with Gasteiger partial charge in [0.05, 0.1) is 5.57 Å². The molecule has 2 aromatic rings. The lowest BCUT2D eigenvalue weighted by atomic mass is 9.87. The van der Waals surface area contributed by atoms with Crippen LogP contribution in [0, 0.1) is 0 Å². The number of halogens is 1. The molecule has 28 heavy (non-hydrogen) atoms. The van der Waals surface area contributed by atoms with Crippen LogP contribution in [0.15, 0.2) is 54.2 Å². The van der Waals surface area contributed by atoms with Gasteiger partial charge >= 0.3 is 0 Å². The molecule has 1 N–H and O–H groups in total. The molecule has 0 spiro atoms. The number of amides is 2. The van der Waals surface area contributed by atoms with E-state index >= 15 is 0 Å². The largest absolute Gasteiger partial charge is 0.350 e. The number of carbonyl (C=O) groups is 2. The van der Waals surface area contributed by atoms with Crippen molar-refractivity contribution in [1.82, 2.24) is 4.90 Å². The molecule has 0 bridgehead atoms. The Hall–Kier alpha value is -2.59. The number of hydrogen-bond donors (Lipinski definition) is 1. The van der Waals surface area contributed by atoms with Gasteiger partial charge in [0.1, 0.15) is 5.70 Å². The van der Waals surface area contributed by atoms with Gasteiger partial charge in [-0.25, -0.2) is 0 Å². The van der Waals surface area contributed by atoms with Crippen molar-refractivity contribution in [3.63, 3.8) is 0 Å². The number of anilines is 1. The Bertz CT molecular complexity index is 923. The second kappa shape index (κ2) is 7.80. The summed E-state index contributed by atoms with van der Waals surface area (Å²) in [5, 5.41) is 3.77. The van der Waals surface area contributed by atoms with Crippen LogP contribution in [0.1, 0.15) is 45.2 Å². The molecule has 0 aromatic heterocycles. The minimum absolute atomic E-state index is 0.0450. The molecule has 0 atom stereocenters. The highest BCUT2D eigenvalue weighted by Gasteiger charge is 2.38. The summed E-state index contributed by atoms with van der Waals surface area (Å²) in [6.45, 7) is 8.79. The lowest BCUT2D eigenvalue weighted by Gasteiger charge is -2.19. The zero-order valence-corrected chi connectivity index (χ0v) is 17.4. The highest BCUT2D eigenvalue weighted by atomic mass is 35.5. The van der Waals surface area contributed by atoms with Crippen molar-refractivity contribution >= 4 is 34.7 Å². The van der Waals surface area contributed by atoms with Crippen molar-refractivity contribution in [3.05, 3.63) is 70.4 Å². The van der Waals surface area contributed by atoms with E-state index in [1.165, 1.54) is 10.5 Å². The van der Waals surface area contributed by atoms with Gasteiger partial charge in [0.2, 0.25) is 0 Å². The molecular formula is C23H25ClN2O2. The molecule has 1 aliphatic heterocycles. The lowest BCUT2D eigenvalue weighted by Crippen LogP contribution is -2.33. The van der Waals surface area contributed by atoms with Gasteiger partial charge in [-0.05, 0) is 47.2 Å². The number of benzene rings is 2. The van der Waals surface area contributed by atoms with Crippen LogP contribution in [0.4, 0.5) is 5.69 Å². The van der Waals surface area contributed by atoms with E-state index in [4.69, 9.17) is 11.6 Å². The Kier molecular flexibility index (Phi) is 5.61. The molecule has 0 aliphatic carbocycles. The lowest BCUT2D eigenvalue weighted by molar-refractivity contribution is -0.136. The summed E-state index contributed by atoms with van der Waals surface area (Å²) in [6.07, 6.45) is 0.707. The second-order valence-corrected chi connectivity index (χ2v) is 8.41. The first kappa shape index (κ1) is 20.2. The summed E-state index contributed by atoms with van der Waals surface area (Å²) in [5.41, 5.74) is 3.39. The Morgan fingerprint density at radius 1 is 0.929 bits per heavy atom. The second-order valence-electron chi connectivity index (χ2n) is 7.97. The highest BCUT2D eigenvalue weighted by Crippen LogP contribution is 2.32. The van der Waals surface area contributed by atoms with Crippen molar-refractivity contribution < 1.29 is 9.59 Å². The topological polar surface area (TPSA) is 49.4 Å². The van der Waals surface area contributed by atoms with E-state index in [9.17, 15) is 9.59 Å². The van der Waals surface area contributed by atoms with Crippen LogP contribution in [0.5, 0.6) is 0 Å². The maximum absolute atomic E-state index is 13.0. The molecular weight excluding hydrogens is 372 g/mol. The van der Waals surface area contributed by atoms with Crippen molar-refractivity contribution in [3.8, 4) is 0 Å². The normalized spacial score (nSPS) is 14.8. The standard InChI is InChI=1S/C23H25ClN2O2/c1-5-14-26-21(27)19(15-6-10-17(24)11-7-15)20(22(26)28)25-18-12-8-16(9-13-18)23(2,3)4/h6-13,25H,5,14H2,1-4H3. The molecule has 2 aromatic carbocycles. The molecule has 0 fully saturated rings. The molecule has 2 amide bonds. The number of rotatable bonds is 5. The van der Waals surface area contributed by atoms with Crippen LogP contribution < -0.4 is 5.32 Å². The van der Waals surface area contributed by atoms with E-state index in [-0.39, 0.29) is 17.2 Å². The first-order valence-electron chi connectivity index (χ1n) is 9.46. The zero-order valence-electron chi connectivity index (χ0n) is 16.7. The fourth-order valence-corrected chi connectivity index (χ4v) is 3.33. The molecule has 1 heterocycles. The molecule has 0 unspecified atom stereocenters. The summed E-state index contributed by atoms with van der Waals surface area (Å²) >= 11 is 5.99. The summed E-state index contributed by atoms with van der Waals surface area (Å²) in [4.78, 5) is 27.2. The quantitative estimate of drug-likeness (QED) is 0.703. The predicted octanol–water partition coefficient (Wildman–Crippen LogP) is 5.24. The molecule has 1 aliphatic rings. The minimum atomic E-state index is -0.295.